The lowest BCUT2D eigenvalue weighted by atomic mass is 9.92. The third-order valence-corrected chi connectivity index (χ3v) is 3.44. The summed E-state index contributed by atoms with van der Waals surface area (Å²) in [5, 5.41) is 4.16. The molecule has 2 rings (SSSR count). The summed E-state index contributed by atoms with van der Waals surface area (Å²) in [6.07, 6.45) is 2.97. The zero-order valence-corrected chi connectivity index (χ0v) is 10.9. The fourth-order valence-electron chi connectivity index (χ4n) is 2.66. The van der Waals surface area contributed by atoms with Gasteiger partial charge in [-0.2, -0.15) is 5.10 Å². The normalized spacial score (nSPS) is 25.0. The first kappa shape index (κ1) is 12.1. The number of piperidine rings is 1. The fourth-order valence-corrected chi connectivity index (χ4v) is 2.66. The highest BCUT2D eigenvalue weighted by Crippen LogP contribution is 2.21. The first-order valence-electron chi connectivity index (χ1n) is 6.32. The molecule has 0 spiro atoms. The minimum atomic E-state index is 0.190. The number of likely N-dealkylation sites (tertiary alicyclic amines) is 1. The Labute approximate surface area is 103 Å². The van der Waals surface area contributed by atoms with Crippen LogP contribution in [0.2, 0.25) is 0 Å². The molecule has 2 atom stereocenters. The smallest absolute Gasteiger partial charge is 0.244 e. The van der Waals surface area contributed by atoms with Gasteiger partial charge in [-0.15, -0.1) is 0 Å². The lowest BCUT2D eigenvalue weighted by Crippen LogP contribution is -2.44. The molecular weight excluding hydrogens is 214 g/mol. The Morgan fingerprint density at radius 1 is 1.41 bits per heavy atom. The number of aryl methyl sites for hydroxylation is 1. The number of hydrogen-bond donors (Lipinski definition) is 0. The monoisotopic (exact) mass is 235 g/mol. The average Bonchev–Trinajstić information content (AvgIpc) is 2.63. The maximum Gasteiger partial charge on any atom is 0.244 e. The number of carbonyl (C=O) groups excluding carboxylic acids is 1. The quantitative estimate of drug-likeness (QED) is 0.782. The molecule has 0 N–H and O–H groups in total. The van der Waals surface area contributed by atoms with E-state index < -0.39 is 0 Å². The summed E-state index contributed by atoms with van der Waals surface area (Å²) in [7, 11) is 0. The Kier molecular flexibility index (Phi) is 3.50. The van der Waals surface area contributed by atoms with Gasteiger partial charge in [-0.05, 0) is 31.2 Å². The summed E-state index contributed by atoms with van der Waals surface area (Å²) in [6, 6.07) is 1.93. The second kappa shape index (κ2) is 4.90. The summed E-state index contributed by atoms with van der Waals surface area (Å²) < 4.78 is 1.77. The van der Waals surface area contributed by atoms with Gasteiger partial charge in [0.1, 0.15) is 6.54 Å². The van der Waals surface area contributed by atoms with E-state index in [-0.39, 0.29) is 5.91 Å². The van der Waals surface area contributed by atoms with E-state index in [9.17, 15) is 4.79 Å². The molecule has 1 aromatic heterocycles. The van der Waals surface area contributed by atoms with Crippen molar-refractivity contribution < 1.29 is 4.79 Å². The van der Waals surface area contributed by atoms with E-state index in [4.69, 9.17) is 0 Å². The van der Waals surface area contributed by atoms with Crippen molar-refractivity contribution in [1.29, 1.82) is 0 Å². The number of aromatic nitrogens is 2. The average molecular weight is 235 g/mol. The zero-order valence-electron chi connectivity index (χ0n) is 10.9. The van der Waals surface area contributed by atoms with E-state index in [0.717, 1.165) is 18.8 Å². The molecule has 0 bridgehead atoms. The van der Waals surface area contributed by atoms with Crippen LogP contribution in [-0.4, -0.2) is 33.7 Å². The lowest BCUT2D eigenvalue weighted by molar-refractivity contribution is -0.134. The second-order valence-electron chi connectivity index (χ2n) is 5.38. The Bertz CT molecular complexity index is 389. The summed E-state index contributed by atoms with van der Waals surface area (Å²) >= 11 is 0. The van der Waals surface area contributed by atoms with E-state index in [1.165, 1.54) is 6.42 Å². The number of amides is 1. The predicted octanol–water partition coefficient (Wildman–Crippen LogP) is 1.70. The molecule has 17 heavy (non-hydrogen) atoms. The maximum atomic E-state index is 12.2. The lowest BCUT2D eigenvalue weighted by Gasteiger charge is -2.35. The van der Waals surface area contributed by atoms with Crippen molar-refractivity contribution in [3.8, 4) is 0 Å². The minimum absolute atomic E-state index is 0.190. The number of carbonyl (C=O) groups is 1. The van der Waals surface area contributed by atoms with Gasteiger partial charge in [0.2, 0.25) is 5.91 Å². The Hall–Kier alpha value is -1.32. The standard InChI is InChI=1S/C13H21N3O/c1-10-6-11(2)8-15(7-10)13(17)9-16-12(3)4-5-14-16/h4-5,10-11H,6-9H2,1-3H3/t10-,11-/m1/s1. The highest BCUT2D eigenvalue weighted by molar-refractivity contribution is 5.76. The first-order chi connectivity index (χ1) is 8.06. The van der Waals surface area contributed by atoms with Gasteiger partial charge >= 0.3 is 0 Å². The zero-order chi connectivity index (χ0) is 12.4. The van der Waals surface area contributed by atoms with Crippen molar-refractivity contribution in [3.05, 3.63) is 18.0 Å². The van der Waals surface area contributed by atoms with Crippen molar-refractivity contribution in [1.82, 2.24) is 14.7 Å². The third-order valence-electron chi connectivity index (χ3n) is 3.44. The highest BCUT2D eigenvalue weighted by Gasteiger charge is 2.25. The Morgan fingerprint density at radius 2 is 2.06 bits per heavy atom. The third kappa shape index (κ3) is 2.87. The van der Waals surface area contributed by atoms with Gasteiger partial charge in [-0.25, -0.2) is 0 Å². The van der Waals surface area contributed by atoms with Crippen LogP contribution in [0.4, 0.5) is 0 Å². The molecule has 0 saturated carbocycles. The SMILES string of the molecule is Cc1ccnn1CC(=O)N1C[C@H](C)C[C@@H](C)C1. The van der Waals surface area contributed by atoms with Crippen molar-refractivity contribution in [2.75, 3.05) is 13.1 Å². The van der Waals surface area contributed by atoms with Gasteiger partial charge in [-0.3, -0.25) is 9.48 Å². The number of rotatable bonds is 2. The highest BCUT2D eigenvalue weighted by atomic mass is 16.2. The van der Waals surface area contributed by atoms with Crippen LogP contribution in [0.1, 0.15) is 26.0 Å². The van der Waals surface area contributed by atoms with Crippen molar-refractivity contribution in [2.45, 2.75) is 33.7 Å². The van der Waals surface area contributed by atoms with Gasteiger partial charge in [0.05, 0.1) is 0 Å². The number of hydrogen-bond acceptors (Lipinski definition) is 2. The molecule has 1 aromatic rings. The molecule has 4 nitrogen and oxygen atoms in total. The van der Waals surface area contributed by atoms with Gasteiger partial charge < -0.3 is 4.90 Å². The van der Waals surface area contributed by atoms with E-state index in [1.54, 1.807) is 10.9 Å². The molecule has 0 radical (unpaired) electrons. The van der Waals surface area contributed by atoms with E-state index >= 15 is 0 Å². The second-order valence-corrected chi connectivity index (χ2v) is 5.38. The fraction of sp³-hybridized carbons (Fsp3) is 0.692. The van der Waals surface area contributed by atoms with Crippen LogP contribution in [0.25, 0.3) is 0 Å². The van der Waals surface area contributed by atoms with Crippen LogP contribution in [0, 0.1) is 18.8 Å². The number of nitrogens with zero attached hydrogens (tertiary/aromatic N) is 3. The van der Waals surface area contributed by atoms with Crippen molar-refractivity contribution in [3.63, 3.8) is 0 Å². The minimum Gasteiger partial charge on any atom is -0.341 e. The van der Waals surface area contributed by atoms with Crippen LogP contribution < -0.4 is 0 Å². The molecule has 0 unspecified atom stereocenters. The van der Waals surface area contributed by atoms with Gasteiger partial charge in [-0.1, -0.05) is 13.8 Å². The summed E-state index contributed by atoms with van der Waals surface area (Å²) in [6.45, 7) is 8.57. The molecule has 0 aromatic carbocycles. The van der Waals surface area contributed by atoms with Gasteiger partial charge in [0.25, 0.3) is 0 Å². The van der Waals surface area contributed by atoms with Crippen molar-refractivity contribution >= 4 is 5.91 Å². The first-order valence-corrected chi connectivity index (χ1v) is 6.32. The van der Waals surface area contributed by atoms with Crippen LogP contribution >= 0.6 is 0 Å². The topological polar surface area (TPSA) is 38.1 Å². The molecule has 1 fully saturated rings. The Morgan fingerprint density at radius 3 is 2.59 bits per heavy atom. The molecule has 1 saturated heterocycles. The van der Waals surface area contributed by atoms with Crippen molar-refractivity contribution in [2.24, 2.45) is 11.8 Å². The van der Waals surface area contributed by atoms with Crippen LogP contribution in [0.15, 0.2) is 12.3 Å². The van der Waals surface area contributed by atoms with Crippen LogP contribution in [0.3, 0.4) is 0 Å². The maximum absolute atomic E-state index is 12.2. The molecule has 1 aliphatic heterocycles. The molecule has 1 aliphatic rings. The molecule has 4 heteroatoms. The molecule has 1 amide bonds. The molecular formula is C13H21N3O. The van der Waals surface area contributed by atoms with Crippen LogP contribution in [-0.2, 0) is 11.3 Å². The molecule has 0 aliphatic carbocycles. The predicted molar refractivity (Wildman–Crippen MR) is 66.5 cm³/mol. The Balaban J connectivity index is 1.98. The van der Waals surface area contributed by atoms with E-state index in [2.05, 4.69) is 18.9 Å². The summed E-state index contributed by atoms with van der Waals surface area (Å²) in [5.41, 5.74) is 1.04. The van der Waals surface area contributed by atoms with Gasteiger partial charge in [0, 0.05) is 25.0 Å². The molecule has 2 heterocycles. The largest absolute Gasteiger partial charge is 0.341 e. The van der Waals surface area contributed by atoms with Crippen LogP contribution in [0.5, 0.6) is 0 Å². The summed E-state index contributed by atoms with van der Waals surface area (Å²) in [5.74, 6) is 1.41. The van der Waals surface area contributed by atoms with E-state index in [1.807, 2.05) is 17.9 Å². The summed E-state index contributed by atoms with van der Waals surface area (Å²) in [4.78, 5) is 14.2. The van der Waals surface area contributed by atoms with E-state index in [0.29, 0.717) is 18.4 Å². The molecule has 94 valence electrons. The van der Waals surface area contributed by atoms with Gasteiger partial charge in [0.15, 0.2) is 0 Å².